The normalized spacial score (nSPS) is 24.9. The van der Waals surface area contributed by atoms with Gasteiger partial charge in [0.15, 0.2) is 0 Å². The number of aryl methyl sites for hydroxylation is 1. The third kappa shape index (κ3) is 3.57. The van der Waals surface area contributed by atoms with E-state index in [1.54, 1.807) is 0 Å². The van der Waals surface area contributed by atoms with E-state index in [9.17, 15) is 0 Å². The summed E-state index contributed by atoms with van der Waals surface area (Å²) in [7, 11) is 1.97. The van der Waals surface area contributed by atoms with Crippen molar-refractivity contribution in [1.29, 1.82) is 0 Å². The second kappa shape index (κ2) is 6.53. The first kappa shape index (κ1) is 14.5. The molecular formula is C15H28N4. The molecule has 2 rings (SSSR count). The van der Waals surface area contributed by atoms with Gasteiger partial charge in [-0.1, -0.05) is 13.8 Å². The highest BCUT2D eigenvalue weighted by Gasteiger charge is 2.28. The highest BCUT2D eigenvalue weighted by atomic mass is 15.3. The topological polar surface area (TPSA) is 47.1 Å². The van der Waals surface area contributed by atoms with E-state index in [0.717, 1.165) is 25.4 Å². The predicted octanol–water partition coefficient (Wildman–Crippen LogP) is 2.32. The molecule has 1 aromatic heterocycles. The fourth-order valence-electron chi connectivity index (χ4n) is 3.11. The molecule has 4 nitrogen and oxygen atoms in total. The van der Waals surface area contributed by atoms with Gasteiger partial charge in [0.1, 0.15) is 0 Å². The van der Waals surface area contributed by atoms with Crippen LogP contribution < -0.4 is 5.73 Å². The third-order valence-corrected chi connectivity index (χ3v) is 4.39. The molecule has 3 atom stereocenters. The molecule has 0 radical (unpaired) electrons. The van der Waals surface area contributed by atoms with Crippen molar-refractivity contribution in [1.82, 2.24) is 14.7 Å². The Kier molecular flexibility index (Phi) is 4.99. The Balaban J connectivity index is 2.17. The number of likely N-dealkylation sites (tertiary alicyclic amines) is 1. The molecule has 19 heavy (non-hydrogen) atoms. The minimum absolute atomic E-state index is 0.192. The fraction of sp³-hybridized carbons (Fsp3) is 0.800. The van der Waals surface area contributed by atoms with Crippen LogP contribution in [0, 0.1) is 5.92 Å². The second-order valence-corrected chi connectivity index (χ2v) is 6.04. The Morgan fingerprint density at radius 3 is 2.84 bits per heavy atom. The van der Waals surface area contributed by atoms with Crippen LogP contribution in [0.25, 0.3) is 0 Å². The van der Waals surface area contributed by atoms with Gasteiger partial charge in [0, 0.05) is 24.8 Å². The smallest absolute Gasteiger partial charge is 0.0538 e. The lowest BCUT2D eigenvalue weighted by Crippen LogP contribution is -2.41. The summed E-state index contributed by atoms with van der Waals surface area (Å²) in [5.41, 5.74) is 7.67. The third-order valence-electron chi connectivity index (χ3n) is 4.39. The van der Waals surface area contributed by atoms with Gasteiger partial charge in [-0.15, -0.1) is 0 Å². The highest BCUT2D eigenvalue weighted by molar-refractivity contribution is 5.13. The molecule has 0 amide bonds. The van der Waals surface area contributed by atoms with Crippen molar-refractivity contribution in [3.8, 4) is 0 Å². The molecule has 1 aromatic rings. The standard InChI is InChI=1S/C15H28N4/c1-4-14(16)15(13-10-17-18(3)11-13)19-8-5-6-12(2)7-9-19/h10-12,14-15H,4-9,16H2,1-3H3. The van der Waals surface area contributed by atoms with Crippen molar-refractivity contribution in [3.63, 3.8) is 0 Å². The zero-order valence-electron chi connectivity index (χ0n) is 12.5. The molecule has 108 valence electrons. The average Bonchev–Trinajstić information content (AvgIpc) is 2.69. The molecule has 0 aromatic carbocycles. The Bertz CT molecular complexity index is 387. The highest BCUT2D eigenvalue weighted by Crippen LogP contribution is 2.28. The van der Waals surface area contributed by atoms with Crippen molar-refractivity contribution in [2.75, 3.05) is 13.1 Å². The average molecular weight is 264 g/mol. The van der Waals surface area contributed by atoms with Gasteiger partial charge in [-0.2, -0.15) is 5.10 Å². The summed E-state index contributed by atoms with van der Waals surface area (Å²) in [5, 5.41) is 4.32. The van der Waals surface area contributed by atoms with E-state index in [2.05, 4.69) is 30.0 Å². The van der Waals surface area contributed by atoms with Crippen molar-refractivity contribution in [2.45, 2.75) is 51.6 Å². The van der Waals surface area contributed by atoms with Gasteiger partial charge in [-0.3, -0.25) is 9.58 Å². The summed E-state index contributed by atoms with van der Waals surface area (Å²) in [6, 6.07) is 0.515. The first-order chi connectivity index (χ1) is 9.11. The zero-order valence-corrected chi connectivity index (χ0v) is 12.5. The van der Waals surface area contributed by atoms with Crippen molar-refractivity contribution in [3.05, 3.63) is 18.0 Å². The number of rotatable bonds is 4. The van der Waals surface area contributed by atoms with Gasteiger partial charge in [-0.05, 0) is 44.7 Å². The molecule has 2 heterocycles. The van der Waals surface area contributed by atoms with Crippen LogP contribution in [0.1, 0.15) is 51.1 Å². The SMILES string of the molecule is CCC(N)C(c1cnn(C)c1)N1CCCC(C)CC1. The van der Waals surface area contributed by atoms with Gasteiger partial charge in [0.25, 0.3) is 0 Å². The van der Waals surface area contributed by atoms with Crippen molar-refractivity contribution >= 4 is 0 Å². The molecule has 0 bridgehead atoms. The lowest BCUT2D eigenvalue weighted by atomic mass is 9.98. The molecule has 2 N–H and O–H groups in total. The number of hydrogen-bond acceptors (Lipinski definition) is 3. The summed E-state index contributed by atoms with van der Waals surface area (Å²) < 4.78 is 1.88. The monoisotopic (exact) mass is 264 g/mol. The van der Waals surface area contributed by atoms with Crippen LogP contribution in [0.4, 0.5) is 0 Å². The number of nitrogens with zero attached hydrogens (tertiary/aromatic N) is 3. The Morgan fingerprint density at radius 1 is 1.42 bits per heavy atom. The van der Waals surface area contributed by atoms with Gasteiger partial charge in [-0.25, -0.2) is 0 Å². The van der Waals surface area contributed by atoms with E-state index >= 15 is 0 Å². The van der Waals surface area contributed by atoms with Crippen molar-refractivity contribution in [2.24, 2.45) is 18.7 Å². The van der Waals surface area contributed by atoms with Crippen LogP contribution in [-0.4, -0.2) is 33.8 Å². The van der Waals surface area contributed by atoms with Crippen molar-refractivity contribution < 1.29 is 0 Å². The van der Waals surface area contributed by atoms with Crippen LogP contribution >= 0.6 is 0 Å². The van der Waals surface area contributed by atoms with Gasteiger partial charge in [0.05, 0.1) is 12.2 Å². The Labute approximate surface area is 117 Å². The van der Waals surface area contributed by atoms with E-state index in [-0.39, 0.29) is 6.04 Å². The van der Waals surface area contributed by atoms with E-state index in [0.29, 0.717) is 6.04 Å². The summed E-state index contributed by atoms with van der Waals surface area (Å²) >= 11 is 0. The molecule has 1 aliphatic rings. The van der Waals surface area contributed by atoms with E-state index < -0.39 is 0 Å². The van der Waals surface area contributed by atoms with Crippen LogP contribution in [0.5, 0.6) is 0 Å². The Hall–Kier alpha value is -0.870. The van der Waals surface area contributed by atoms with Gasteiger partial charge >= 0.3 is 0 Å². The second-order valence-electron chi connectivity index (χ2n) is 6.04. The van der Waals surface area contributed by atoms with Gasteiger partial charge < -0.3 is 5.73 Å². The number of aromatic nitrogens is 2. The first-order valence-electron chi connectivity index (χ1n) is 7.60. The molecule has 3 unspecified atom stereocenters. The Morgan fingerprint density at radius 2 is 2.21 bits per heavy atom. The van der Waals surface area contributed by atoms with E-state index in [4.69, 9.17) is 5.73 Å². The summed E-state index contributed by atoms with van der Waals surface area (Å²) in [4.78, 5) is 2.58. The lowest BCUT2D eigenvalue weighted by molar-refractivity contribution is 0.174. The first-order valence-corrected chi connectivity index (χ1v) is 7.60. The summed E-state index contributed by atoms with van der Waals surface area (Å²) in [6.07, 6.45) is 9.02. The van der Waals surface area contributed by atoms with E-state index in [1.807, 2.05) is 17.9 Å². The van der Waals surface area contributed by atoms with Crippen LogP contribution in [0.3, 0.4) is 0 Å². The minimum atomic E-state index is 0.192. The van der Waals surface area contributed by atoms with Crippen LogP contribution in [-0.2, 0) is 7.05 Å². The summed E-state index contributed by atoms with van der Waals surface area (Å²) in [5.74, 6) is 0.845. The molecular weight excluding hydrogens is 236 g/mol. The summed E-state index contributed by atoms with van der Waals surface area (Å²) in [6.45, 7) is 6.86. The van der Waals surface area contributed by atoms with E-state index in [1.165, 1.54) is 24.8 Å². The molecule has 1 aliphatic heterocycles. The number of hydrogen-bond donors (Lipinski definition) is 1. The quantitative estimate of drug-likeness (QED) is 0.908. The zero-order chi connectivity index (χ0) is 13.8. The lowest BCUT2D eigenvalue weighted by Gasteiger charge is -2.34. The number of nitrogens with two attached hydrogens (primary N) is 1. The maximum Gasteiger partial charge on any atom is 0.0538 e. The largest absolute Gasteiger partial charge is 0.326 e. The maximum absolute atomic E-state index is 6.40. The fourth-order valence-corrected chi connectivity index (χ4v) is 3.11. The maximum atomic E-state index is 6.40. The molecule has 0 spiro atoms. The predicted molar refractivity (Wildman–Crippen MR) is 78.8 cm³/mol. The molecule has 0 saturated carbocycles. The molecule has 0 aliphatic carbocycles. The molecule has 1 fully saturated rings. The van der Waals surface area contributed by atoms with Gasteiger partial charge in [0.2, 0.25) is 0 Å². The molecule has 4 heteroatoms. The molecule has 1 saturated heterocycles. The minimum Gasteiger partial charge on any atom is -0.326 e. The van der Waals surface area contributed by atoms with Crippen LogP contribution in [0.15, 0.2) is 12.4 Å². The van der Waals surface area contributed by atoms with Crippen LogP contribution in [0.2, 0.25) is 0 Å².